The van der Waals surface area contributed by atoms with Crippen LogP contribution in [0.25, 0.3) is 10.9 Å². The molecule has 2 aromatic rings. The van der Waals surface area contributed by atoms with Crippen molar-refractivity contribution < 1.29 is 9.90 Å². The molecule has 1 amide bonds. The minimum Gasteiger partial charge on any atom is -0.394 e. The molecule has 0 saturated heterocycles. The van der Waals surface area contributed by atoms with Crippen molar-refractivity contribution >= 4 is 16.8 Å². The highest BCUT2D eigenvalue weighted by molar-refractivity contribution is 6.06. The van der Waals surface area contributed by atoms with Crippen molar-refractivity contribution in [1.29, 1.82) is 0 Å². The molecule has 2 rings (SSSR count). The van der Waals surface area contributed by atoms with Crippen LogP contribution in [0.15, 0.2) is 35.1 Å². The minimum atomic E-state index is -0.344. The highest BCUT2D eigenvalue weighted by Crippen LogP contribution is 2.14. The molecule has 0 fully saturated rings. The molecule has 1 aromatic carbocycles. The van der Waals surface area contributed by atoms with Gasteiger partial charge in [0.25, 0.3) is 5.91 Å². The van der Waals surface area contributed by atoms with Gasteiger partial charge in [-0.05, 0) is 12.5 Å². The number of aliphatic hydroxyl groups excluding tert-OH is 1. The first-order valence-electron chi connectivity index (χ1n) is 6.19. The summed E-state index contributed by atoms with van der Waals surface area (Å²) in [6, 6.07) is 8.10. The summed E-state index contributed by atoms with van der Waals surface area (Å²) in [5, 5.41) is 12.5. The molecule has 19 heavy (non-hydrogen) atoms. The number of fused-ring (bicyclic) bond motifs is 1. The lowest BCUT2D eigenvalue weighted by atomic mass is 10.1. The van der Waals surface area contributed by atoms with E-state index < -0.39 is 0 Å². The topological polar surface area (TPSA) is 82.2 Å². The second kappa shape index (κ2) is 5.67. The minimum absolute atomic E-state index is 0.122. The fraction of sp³-hybridized carbons (Fsp3) is 0.286. The van der Waals surface area contributed by atoms with Crippen molar-refractivity contribution in [3.8, 4) is 0 Å². The Morgan fingerprint density at radius 3 is 2.84 bits per heavy atom. The number of hydrogen-bond donors (Lipinski definition) is 3. The number of benzene rings is 1. The number of aliphatic hydroxyl groups is 1. The van der Waals surface area contributed by atoms with Gasteiger partial charge in [0.15, 0.2) is 0 Å². The van der Waals surface area contributed by atoms with Crippen LogP contribution in [0, 0.1) is 0 Å². The SMILES string of the molecule is CC[C@@H](CO)NC(=O)c1cc(=O)[nH]c2ccccc12. The monoisotopic (exact) mass is 260 g/mol. The average Bonchev–Trinajstić information content (AvgIpc) is 2.43. The Bertz CT molecular complexity index is 644. The standard InChI is InChI=1S/C14H16N2O3/c1-2-9(8-17)15-14(19)11-7-13(18)16-12-6-4-3-5-10(11)12/h3-7,9,17H,2,8H2,1H3,(H,15,19)(H,16,18)/t9-/m0/s1. The molecule has 0 aliphatic carbocycles. The second-order valence-electron chi connectivity index (χ2n) is 4.35. The predicted molar refractivity (Wildman–Crippen MR) is 73.2 cm³/mol. The van der Waals surface area contributed by atoms with Crippen molar-refractivity contribution in [2.24, 2.45) is 0 Å². The number of nitrogens with one attached hydrogen (secondary N) is 2. The van der Waals surface area contributed by atoms with E-state index in [2.05, 4.69) is 10.3 Å². The van der Waals surface area contributed by atoms with E-state index in [1.807, 2.05) is 6.92 Å². The van der Waals surface area contributed by atoms with Gasteiger partial charge in [-0.1, -0.05) is 25.1 Å². The average molecular weight is 260 g/mol. The van der Waals surface area contributed by atoms with Crippen LogP contribution >= 0.6 is 0 Å². The molecular formula is C14H16N2O3. The Morgan fingerprint density at radius 1 is 1.42 bits per heavy atom. The summed E-state index contributed by atoms with van der Waals surface area (Å²) in [4.78, 5) is 26.4. The maximum atomic E-state index is 12.2. The molecule has 5 nitrogen and oxygen atoms in total. The Balaban J connectivity index is 2.44. The summed E-state index contributed by atoms with van der Waals surface area (Å²) in [7, 11) is 0. The summed E-state index contributed by atoms with van der Waals surface area (Å²) < 4.78 is 0. The first-order valence-corrected chi connectivity index (χ1v) is 6.19. The van der Waals surface area contributed by atoms with Gasteiger partial charge in [0.2, 0.25) is 5.56 Å². The number of carbonyl (C=O) groups excluding carboxylic acids is 1. The maximum absolute atomic E-state index is 12.2. The molecule has 0 aliphatic rings. The normalized spacial score (nSPS) is 12.3. The molecule has 1 aromatic heterocycles. The molecular weight excluding hydrogens is 244 g/mol. The van der Waals surface area contributed by atoms with E-state index in [-0.39, 0.29) is 24.1 Å². The van der Waals surface area contributed by atoms with Crippen LogP contribution in [0.5, 0.6) is 0 Å². The zero-order chi connectivity index (χ0) is 13.8. The van der Waals surface area contributed by atoms with E-state index in [0.29, 0.717) is 22.9 Å². The molecule has 0 bridgehead atoms. The lowest BCUT2D eigenvalue weighted by Crippen LogP contribution is -2.37. The van der Waals surface area contributed by atoms with Gasteiger partial charge < -0.3 is 15.4 Å². The second-order valence-corrected chi connectivity index (χ2v) is 4.35. The third-order valence-electron chi connectivity index (χ3n) is 3.04. The third kappa shape index (κ3) is 2.82. The number of hydrogen-bond acceptors (Lipinski definition) is 3. The summed E-state index contributed by atoms with van der Waals surface area (Å²) in [5.74, 6) is -0.344. The van der Waals surface area contributed by atoms with E-state index in [1.54, 1.807) is 24.3 Å². The molecule has 3 N–H and O–H groups in total. The number of amides is 1. The summed E-state index contributed by atoms with van der Waals surface area (Å²) in [5.41, 5.74) is 0.629. The molecule has 1 heterocycles. The van der Waals surface area contributed by atoms with Gasteiger partial charge in [0, 0.05) is 17.0 Å². The third-order valence-corrected chi connectivity index (χ3v) is 3.04. The van der Waals surface area contributed by atoms with Crippen LogP contribution in [0.3, 0.4) is 0 Å². The van der Waals surface area contributed by atoms with E-state index >= 15 is 0 Å². The molecule has 0 aliphatic heterocycles. The summed E-state index contributed by atoms with van der Waals surface area (Å²) >= 11 is 0. The predicted octanol–water partition coefficient (Wildman–Crippen LogP) is 1.03. The number of aromatic nitrogens is 1. The van der Waals surface area contributed by atoms with Gasteiger partial charge in [-0.15, -0.1) is 0 Å². The van der Waals surface area contributed by atoms with Crippen LogP contribution in [-0.2, 0) is 0 Å². The zero-order valence-electron chi connectivity index (χ0n) is 10.6. The highest BCUT2D eigenvalue weighted by atomic mass is 16.3. The number of H-pyrrole nitrogens is 1. The maximum Gasteiger partial charge on any atom is 0.252 e. The fourth-order valence-electron chi connectivity index (χ4n) is 1.93. The Hall–Kier alpha value is -2.14. The van der Waals surface area contributed by atoms with E-state index in [0.717, 1.165) is 0 Å². The number of para-hydroxylation sites is 1. The van der Waals surface area contributed by atoms with Gasteiger partial charge in [-0.3, -0.25) is 9.59 Å². The molecule has 0 radical (unpaired) electrons. The van der Waals surface area contributed by atoms with Gasteiger partial charge >= 0.3 is 0 Å². The van der Waals surface area contributed by atoms with Crippen molar-refractivity contribution in [3.63, 3.8) is 0 Å². The molecule has 0 unspecified atom stereocenters. The Morgan fingerprint density at radius 2 is 2.16 bits per heavy atom. The first-order chi connectivity index (χ1) is 9.15. The van der Waals surface area contributed by atoms with Crippen molar-refractivity contribution in [1.82, 2.24) is 10.3 Å². The van der Waals surface area contributed by atoms with E-state index in [4.69, 9.17) is 5.11 Å². The van der Waals surface area contributed by atoms with Gasteiger partial charge in [0.1, 0.15) is 0 Å². The van der Waals surface area contributed by atoms with E-state index in [1.165, 1.54) is 6.07 Å². The van der Waals surface area contributed by atoms with Gasteiger partial charge in [-0.25, -0.2) is 0 Å². The van der Waals surface area contributed by atoms with Crippen LogP contribution in [-0.4, -0.2) is 28.6 Å². The molecule has 100 valence electrons. The van der Waals surface area contributed by atoms with Crippen LogP contribution in [0.4, 0.5) is 0 Å². The van der Waals surface area contributed by atoms with Gasteiger partial charge in [-0.2, -0.15) is 0 Å². The molecule has 0 saturated carbocycles. The van der Waals surface area contributed by atoms with Crippen molar-refractivity contribution in [3.05, 3.63) is 46.2 Å². The lowest BCUT2D eigenvalue weighted by molar-refractivity contribution is 0.0916. The molecule has 0 spiro atoms. The largest absolute Gasteiger partial charge is 0.394 e. The van der Waals surface area contributed by atoms with Crippen molar-refractivity contribution in [2.45, 2.75) is 19.4 Å². The van der Waals surface area contributed by atoms with Crippen LogP contribution in [0.1, 0.15) is 23.7 Å². The summed E-state index contributed by atoms with van der Waals surface area (Å²) in [6.07, 6.45) is 0.628. The molecule has 5 heteroatoms. The van der Waals surface area contributed by atoms with E-state index in [9.17, 15) is 9.59 Å². The van der Waals surface area contributed by atoms with Crippen molar-refractivity contribution in [2.75, 3.05) is 6.61 Å². The zero-order valence-corrected chi connectivity index (χ0v) is 10.6. The lowest BCUT2D eigenvalue weighted by Gasteiger charge is -2.14. The smallest absolute Gasteiger partial charge is 0.252 e. The number of aromatic amines is 1. The highest BCUT2D eigenvalue weighted by Gasteiger charge is 2.14. The van der Waals surface area contributed by atoms with Crippen LogP contribution < -0.4 is 10.9 Å². The van der Waals surface area contributed by atoms with Gasteiger partial charge in [0.05, 0.1) is 18.2 Å². The first kappa shape index (κ1) is 13.3. The Labute approximate surface area is 110 Å². The summed E-state index contributed by atoms with van der Waals surface area (Å²) in [6.45, 7) is 1.75. The fourth-order valence-corrected chi connectivity index (χ4v) is 1.93. The number of rotatable bonds is 4. The number of carbonyl (C=O) groups is 1. The molecule has 1 atom stereocenters. The Kier molecular flexibility index (Phi) is 3.97. The van der Waals surface area contributed by atoms with Crippen LogP contribution in [0.2, 0.25) is 0 Å². The number of pyridine rings is 1. The quantitative estimate of drug-likeness (QED) is 0.768.